The number of hydrogen-bond acceptors (Lipinski definition) is 4. The van der Waals surface area contributed by atoms with E-state index in [1.165, 1.54) is 0 Å². The molecule has 0 aromatic heterocycles. The highest BCUT2D eigenvalue weighted by molar-refractivity contribution is 5.91. The molecule has 0 fully saturated rings. The van der Waals surface area contributed by atoms with Crippen LogP contribution in [0.4, 0.5) is 5.69 Å². The summed E-state index contributed by atoms with van der Waals surface area (Å²) in [4.78, 5) is 23.5. The molecule has 3 N–H and O–H groups in total. The Morgan fingerprint density at radius 3 is 2.30 bits per heavy atom. The molecule has 0 bridgehead atoms. The molecule has 174 valence electrons. The van der Waals surface area contributed by atoms with Gasteiger partial charge in [0.05, 0.1) is 6.42 Å². The van der Waals surface area contributed by atoms with Crippen molar-refractivity contribution in [2.24, 2.45) is 0 Å². The minimum atomic E-state index is -0.830. The average molecular weight is 469 g/mol. The summed E-state index contributed by atoms with van der Waals surface area (Å²) in [5.41, 5.74) is 3.74. The van der Waals surface area contributed by atoms with Crippen LogP contribution in [-0.4, -0.2) is 30.1 Å². The average Bonchev–Trinajstić information content (AvgIpc) is 2.79. The van der Waals surface area contributed by atoms with E-state index in [2.05, 4.69) is 10.6 Å². The fraction of sp³-hybridized carbons (Fsp3) is 0.231. The minimum Gasteiger partial charge on any atom is -0.483 e. The van der Waals surface area contributed by atoms with Crippen molar-refractivity contribution in [2.75, 3.05) is 18.5 Å². The first-order chi connectivity index (χ1) is 15.5. The Morgan fingerprint density at radius 2 is 1.61 bits per heavy atom. The molecule has 3 rings (SSSR count). The zero-order valence-electron chi connectivity index (χ0n) is 18.5. The number of anilines is 1. The van der Waals surface area contributed by atoms with Crippen molar-refractivity contribution in [3.8, 4) is 5.75 Å². The van der Waals surface area contributed by atoms with E-state index in [1.807, 2.05) is 85.8 Å². The third kappa shape index (κ3) is 8.60. The lowest BCUT2D eigenvalue weighted by molar-refractivity contribution is -0.137. The van der Waals surface area contributed by atoms with Crippen molar-refractivity contribution in [1.82, 2.24) is 5.32 Å². The van der Waals surface area contributed by atoms with Gasteiger partial charge in [-0.25, -0.2) is 0 Å². The molecule has 0 saturated heterocycles. The zero-order chi connectivity index (χ0) is 22.8. The van der Waals surface area contributed by atoms with Crippen molar-refractivity contribution in [3.05, 3.63) is 95.6 Å². The van der Waals surface area contributed by atoms with E-state index in [4.69, 9.17) is 4.74 Å². The van der Waals surface area contributed by atoms with Gasteiger partial charge in [-0.3, -0.25) is 9.59 Å². The number of carbonyl (C=O) groups is 2. The van der Waals surface area contributed by atoms with Crippen LogP contribution < -0.4 is 15.4 Å². The minimum absolute atomic E-state index is 0. The number of aryl methyl sites for hydroxylation is 1. The van der Waals surface area contributed by atoms with Crippen LogP contribution in [0.5, 0.6) is 5.75 Å². The third-order valence-corrected chi connectivity index (χ3v) is 5.06. The highest BCUT2D eigenvalue weighted by atomic mass is 35.5. The number of aliphatic carboxylic acids is 1. The highest BCUT2D eigenvalue weighted by Crippen LogP contribution is 2.21. The van der Waals surface area contributed by atoms with Crippen LogP contribution in [0.2, 0.25) is 0 Å². The van der Waals surface area contributed by atoms with Gasteiger partial charge in [0.2, 0.25) is 0 Å². The number of benzene rings is 3. The largest absolute Gasteiger partial charge is 0.483 e. The number of carboxylic acid groups (broad SMARTS) is 1. The van der Waals surface area contributed by atoms with Crippen LogP contribution >= 0.6 is 12.4 Å². The Morgan fingerprint density at radius 1 is 0.939 bits per heavy atom. The van der Waals surface area contributed by atoms with Gasteiger partial charge in [-0.15, -0.1) is 12.4 Å². The molecular weight excluding hydrogens is 440 g/mol. The fourth-order valence-corrected chi connectivity index (χ4v) is 3.39. The number of nitrogens with one attached hydrogen (secondary N) is 2. The van der Waals surface area contributed by atoms with Gasteiger partial charge in [-0.1, -0.05) is 66.2 Å². The molecule has 0 heterocycles. The summed E-state index contributed by atoms with van der Waals surface area (Å²) in [5, 5.41) is 15.4. The Labute approximate surface area is 200 Å². The number of amides is 1. The van der Waals surface area contributed by atoms with Crippen molar-refractivity contribution in [1.29, 1.82) is 0 Å². The summed E-state index contributed by atoms with van der Waals surface area (Å²) in [6.45, 7) is 2.90. The topological polar surface area (TPSA) is 87.7 Å². The molecule has 1 amide bonds. The summed E-state index contributed by atoms with van der Waals surface area (Å²) < 4.78 is 5.76. The maximum Gasteiger partial charge on any atom is 0.304 e. The molecule has 0 aliphatic rings. The van der Waals surface area contributed by atoms with E-state index in [9.17, 15) is 14.7 Å². The Kier molecular flexibility index (Phi) is 10.4. The van der Waals surface area contributed by atoms with E-state index in [1.54, 1.807) is 0 Å². The van der Waals surface area contributed by atoms with E-state index in [0.717, 1.165) is 22.4 Å². The normalized spacial score (nSPS) is 11.2. The molecule has 33 heavy (non-hydrogen) atoms. The van der Waals surface area contributed by atoms with Gasteiger partial charge in [0.15, 0.2) is 6.61 Å². The molecule has 0 aliphatic carbocycles. The standard InChI is InChI=1S/C26H28N2O4.ClH/c1-19-11-13-23(14-12-19)28-25(29)18-32-24-10-6-5-9-21(24)16-27-17-22(15-26(30)31)20-7-3-2-4-8-20;/h2-14,22,27H,15-18H2,1H3,(H,28,29)(H,30,31);1H. The second kappa shape index (κ2) is 13.3. The van der Waals surface area contributed by atoms with E-state index in [-0.39, 0.29) is 37.3 Å². The number of para-hydroxylation sites is 1. The number of hydrogen-bond donors (Lipinski definition) is 3. The van der Waals surface area contributed by atoms with E-state index >= 15 is 0 Å². The van der Waals surface area contributed by atoms with Gasteiger partial charge in [0.1, 0.15) is 5.75 Å². The monoisotopic (exact) mass is 468 g/mol. The lowest BCUT2D eigenvalue weighted by Gasteiger charge is -2.17. The molecule has 1 unspecified atom stereocenters. The molecule has 1 atom stereocenters. The van der Waals surface area contributed by atoms with Gasteiger partial charge in [-0.2, -0.15) is 0 Å². The predicted molar refractivity (Wildman–Crippen MR) is 132 cm³/mol. The predicted octanol–water partition coefficient (Wildman–Crippen LogP) is 4.78. The van der Waals surface area contributed by atoms with E-state index < -0.39 is 5.97 Å². The number of carboxylic acids is 1. The van der Waals surface area contributed by atoms with Crippen LogP contribution in [0.25, 0.3) is 0 Å². The molecule has 7 heteroatoms. The lowest BCUT2D eigenvalue weighted by Crippen LogP contribution is -2.24. The second-order valence-electron chi connectivity index (χ2n) is 7.65. The van der Waals surface area contributed by atoms with Crippen molar-refractivity contribution in [2.45, 2.75) is 25.8 Å². The summed E-state index contributed by atoms with van der Waals surface area (Å²) >= 11 is 0. The van der Waals surface area contributed by atoms with E-state index in [0.29, 0.717) is 18.8 Å². The molecule has 0 spiro atoms. The number of carbonyl (C=O) groups excluding carboxylic acids is 1. The van der Waals surface area contributed by atoms with Gasteiger partial charge in [-0.05, 0) is 30.7 Å². The Balaban J connectivity index is 0.00000385. The summed E-state index contributed by atoms with van der Waals surface area (Å²) in [6, 6.07) is 24.7. The SMILES string of the molecule is Cc1ccc(NC(=O)COc2ccccc2CNCC(CC(=O)O)c2ccccc2)cc1.Cl. The maximum atomic E-state index is 12.2. The maximum absolute atomic E-state index is 12.2. The molecule has 0 radical (unpaired) electrons. The number of rotatable bonds is 11. The molecule has 3 aromatic carbocycles. The van der Waals surface area contributed by atoms with Gasteiger partial charge < -0.3 is 20.5 Å². The number of ether oxygens (including phenoxy) is 1. The smallest absolute Gasteiger partial charge is 0.304 e. The van der Waals surface area contributed by atoms with Crippen LogP contribution in [0.1, 0.15) is 29.0 Å². The van der Waals surface area contributed by atoms with Crippen LogP contribution in [0.15, 0.2) is 78.9 Å². The Hall–Kier alpha value is -3.35. The van der Waals surface area contributed by atoms with Gasteiger partial charge in [0.25, 0.3) is 5.91 Å². The lowest BCUT2D eigenvalue weighted by atomic mass is 9.95. The fourth-order valence-electron chi connectivity index (χ4n) is 3.39. The number of halogens is 1. The van der Waals surface area contributed by atoms with Crippen molar-refractivity contribution >= 4 is 30.0 Å². The van der Waals surface area contributed by atoms with Gasteiger partial charge in [0, 0.05) is 30.3 Å². The molecule has 0 aliphatic heterocycles. The van der Waals surface area contributed by atoms with Crippen molar-refractivity contribution in [3.63, 3.8) is 0 Å². The van der Waals surface area contributed by atoms with Crippen molar-refractivity contribution < 1.29 is 19.4 Å². The zero-order valence-corrected chi connectivity index (χ0v) is 19.3. The third-order valence-electron chi connectivity index (χ3n) is 5.06. The molecular formula is C26H29ClN2O4. The first kappa shape index (κ1) is 25.9. The molecule has 0 saturated carbocycles. The Bertz CT molecular complexity index is 1030. The first-order valence-electron chi connectivity index (χ1n) is 10.6. The highest BCUT2D eigenvalue weighted by Gasteiger charge is 2.15. The van der Waals surface area contributed by atoms with Crippen LogP contribution in [0.3, 0.4) is 0 Å². The summed E-state index contributed by atoms with van der Waals surface area (Å²) in [6.07, 6.45) is 0.0499. The summed E-state index contributed by atoms with van der Waals surface area (Å²) in [7, 11) is 0. The van der Waals surface area contributed by atoms with Crippen LogP contribution in [0, 0.1) is 6.92 Å². The quantitative estimate of drug-likeness (QED) is 0.377. The first-order valence-corrected chi connectivity index (χ1v) is 10.6. The molecule has 6 nitrogen and oxygen atoms in total. The van der Waals surface area contributed by atoms with Crippen LogP contribution in [-0.2, 0) is 16.1 Å². The molecule has 3 aromatic rings. The van der Waals surface area contributed by atoms with Gasteiger partial charge >= 0.3 is 5.97 Å². The second-order valence-corrected chi connectivity index (χ2v) is 7.65. The summed E-state index contributed by atoms with van der Waals surface area (Å²) in [5.74, 6) is -0.582.